The first-order chi connectivity index (χ1) is 17.5. The number of rotatable bonds is 17. The molecule has 230 valence electrons. The maximum atomic E-state index is 11.5. The SMILES string of the molecule is CCCCCCCCCCCCCCCCN1CCCC(C)C1.O=S(=O)(NS(=O)(=O)C(F)(F)F)C(F)(F)F. The molecular formula is C24H46F6N2O4S2. The number of hydrogen-bond donors (Lipinski definition) is 1. The van der Waals surface area contributed by atoms with Crippen LogP contribution in [0.15, 0.2) is 0 Å². The van der Waals surface area contributed by atoms with E-state index in [-0.39, 0.29) is 0 Å². The standard InChI is InChI=1S/C22H45N.C2HF6NO4S2/c1-3-4-5-6-7-8-9-10-11-12-13-14-15-16-19-23-20-17-18-22(2)21-23;3-1(4,5)14(10,11)9-15(12,13)2(6,7)8/h22H,3-21H2,1-2H3;9H. The van der Waals surface area contributed by atoms with E-state index in [2.05, 4.69) is 18.7 Å². The van der Waals surface area contributed by atoms with Crippen LogP contribution in [0.5, 0.6) is 0 Å². The molecule has 1 heterocycles. The number of likely N-dealkylation sites (tertiary alicyclic amines) is 1. The summed E-state index contributed by atoms with van der Waals surface area (Å²) >= 11 is 0. The summed E-state index contributed by atoms with van der Waals surface area (Å²) in [6.07, 6.45) is 23.4. The Morgan fingerprint density at radius 1 is 0.684 bits per heavy atom. The fraction of sp³-hybridized carbons (Fsp3) is 1.00. The molecule has 0 spiro atoms. The van der Waals surface area contributed by atoms with Gasteiger partial charge in [-0.3, -0.25) is 0 Å². The minimum Gasteiger partial charge on any atom is -0.303 e. The van der Waals surface area contributed by atoms with E-state index in [1.54, 1.807) is 0 Å². The van der Waals surface area contributed by atoms with Crippen molar-refractivity contribution in [3.63, 3.8) is 0 Å². The molecule has 0 aromatic carbocycles. The molecule has 0 radical (unpaired) electrons. The molecule has 1 N–H and O–H groups in total. The van der Waals surface area contributed by atoms with Gasteiger partial charge in [-0.1, -0.05) is 101 Å². The van der Waals surface area contributed by atoms with Crippen molar-refractivity contribution in [2.75, 3.05) is 19.6 Å². The van der Waals surface area contributed by atoms with Gasteiger partial charge in [-0.05, 0) is 38.3 Å². The number of sulfonamides is 2. The molecular weight excluding hydrogens is 558 g/mol. The third kappa shape index (κ3) is 17.2. The minimum absolute atomic E-state index is 0.493. The van der Waals surface area contributed by atoms with Crippen molar-refractivity contribution < 1.29 is 43.2 Å². The Hall–Kier alpha value is -0.600. The maximum absolute atomic E-state index is 11.5. The summed E-state index contributed by atoms with van der Waals surface area (Å²) in [5, 5.41) is 0. The molecule has 0 aromatic rings. The smallest absolute Gasteiger partial charge is 0.303 e. The van der Waals surface area contributed by atoms with Gasteiger partial charge in [-0.15, -0.1) is 0 Å². The molecule has 0 amide bonds. The van der Waals surface area contributed by atoms with Crippen molar-refractivity contribution in [3.8, 4) is 0 Å². The lowest BCUT2D eigenvalue weighted by Crippen LogP contribution is -2.45. The Bertz CT molecular complexity index is 777. The molecule has 1 fully saturated rings. The molecule has 1 saturated heterocycles. The van der Waals surface area contributed by atoms with E-state index in [1.807, 2.05) is 0 Å². The zero-order chi connectivity index (χ0) is 29.3. The van der Waals surface area contributed by atoms with E-state index < -0.39 is 35.2 Å². The van der Waals surface area contributed by atoms with Gasteiger partial charge in [0.05, 0.1) is 0 Å². The fourth-order valence-electron chi connectivity index (χ4n) is 4.26. The summed E-state index contributed by atoms with van der Waals surface area (Å²) in [4.78, 5) is 2.70. The van der Waals surface area contributed by atoms with Crippen LogP contribution in [0.1, 0.15) is 117 Å². The predicted molar refractivity (Wildman–Crippen MR) is 138 cm³/mol. The summed E-state index contributed by atoms with van der Waals surface area (Å²) in [5.74, 6) is 0.940. The second-order valence-electron chi connectivity index (χ2n) is 10.1. The Kier molecular flexibility index (Phi) is 18.4. The van der Waals surface area contributed by atoms with Crippen molar-refractivity contribution in [2.45, 2.75) is 128 Å². The highest BCUT2D eigenvalue weighted by atomic mass is 32.3. The van der Waals surface area contributed by atoms with Crippen molar-refractivity contribution in [2.24, 2.45) is 5.92 Å². The van der Waals surface area contributed by atoms with E-state index in [4.69, 9.17) is 0 Å². The summed E-state index contributed by atoms with van der Waals surface area (Å²) in [7, 11) is -13.2. The fourth-order valence-corrected chi connectivity index (χ4v) is 6.17. The quantitative estimate of drug-likeness (QED) is 0.138. The van der Waals surface area contributed by atoms with Crippen LogP contribution < -0.4 is 4.13 Å². The van der Waals surface area contributed by atoms with E-state index in [0.29, 0.717) is 0 Å². The van der Waals surface area contributed by atoms with Crippen LogP contribution in [0.2, 0.25) is 0 Å². The molecule has 1 aliphatic heterocycles. The van der Waals surface area contributed by atoms with Crippen molar-refractivity contribution in [1.29, 1.82) is 0 Å². The van der Waals surface area contributed by atoms with Gasteiger partial charge < -0.3 is 4.90 Å². The van der Waals surface area contributed by atoms with Gasteiger partial charge in [0, 0.05) is 6.54 Å². The normalized spacial score (nSPS) is 17.7. The second kappa shape index (κ2) is 18.7. The maximum Gasteiger partial charge on any atom is 0.512 e. The minimum atomic E-state index is -6.60. The molecule has 38 heavy (non-hydrogen) atoms. The Balaban J connectivity index is 0.000000793. The third-order valence-electron chi connectivity index (χ3n) is 6.40. The van der Waals surface area contributed by atoms with E-state index in [1.165, 1.54) is 122 Å². The van der Waals surface area contributed by atoms with E-state index in [9.17, 15) is 43.2 Å². The zero-order valence-electron chi connectivity index (χ0n) is 22.7. The molecule has 1 atom stereocenters. The lowest BCUT2D eigenvalue weighted by Gasteiger charge is -2.30. The molecule has 1 unspecified atom stereocenters. The second-order valence-corrected chi connectivity index (χ2v) is 13.7. The monoisotopic (exact) mass is 604 g/mol. The largest absolute Gasteiger partial charge is 0.512 e. The first-order valence-electron chi connectivity index (χ1n) is 13.7. The number of piperidine rings is 1. The molecule has 0 aromatic heterocycles. The zero-order valence-corrected chi connectivity index (χ0v) is 24.3. The van der Waals surface area contributed by atoms with Gasteiger partial charge in [0.15, 0.2) is 0 Å². The van der Waals surface area contributed by atoms with Gasteiger partial charge in [0.25, 0.3) is 0 Å². The molecule has 6 nitrogen and oxygen atoms in total. The molecule has 1 aliphatic rings. The highest BCUT2D eigenvalue weighted by Crippen LogP contribution is 2.27. The summed E-state index contributed by atoms with van der Waals surface area (Å²) < 4.78 is 108. The highest BCUT2D eigenvalue weighted by molar-refractivity contribution is 8.05. The van der Waals surface area contributed by atoms with Gasteiger partial charge in [0.1, 0.15) is 0 Å². The van der Waals surface area contributed by atoms with E-state index in [0.717, 1.165) is 5.92 Å². The van der Waals surface area contributed by atoms with Gasteiger partial charge in [0.2, 0.25) is 0 Å². The summed E-state index contributed by atoms with van der Waals surface area (Å²) in [6.45, 7) is 8.80. The number of nitrogens with one attached hydrogen (secondary N) is 1. The topological polar surface area (TPSA) is 83.6 Å². The number of unbranched alkanes of at least 4 members (excludes halogenated alkanes) is 13. The number of halogens is 6. The highest BCUT2D eigenvalue weighted by Gasteiger charge is 2.55. The molecule has 0 saturated carbocycles. The first kappa shape index (κ1) is 37.4. The van der Waals surface area contributed by atoms with Gasteiger partial charge >= 0.3 is 31.1 Å². The summed E-state index contributed by atoms with van der Waals surface area (Å²) in [6, 6.07) is 0. The van der Waals surface area contributed by atoms with Crippen molar-refractivity contribution in [3.05, 3.63) is 0 Å². The Morgan fingerprint density at radius 2 is 1.05 bits per heavy atom. The average molecular weight is 605 g/mol. The van der Waals surface area contributed by atoms with Crippen molar-refractivity contribution in [1.82, 2.24) is 9.03 Å². The van der Waals surface area contributed by atoms with Crippen LogP contribution in [0.25, 0.3) is 0 Å². The predicted octanol–water partition coefficient (Wildman–Crippen LogP) is 7.47. The number of alkyl halides is 6. The van der Waals surface area contributed by atoms with Crippen LogP contribution in [0.4, 0.5) is 26.3 Å². The molecule has 14 heteroatoms. The third-order valence-corrected chi connectivity index (χ3v) is 9.37. The molecule has 0 aliphatic carbocycles. The van der Waals surface area contributed by atoms with Crippen molar-refractivity contribution >= 4 is 20.0 Å². The van der Waals surface area contributed by atoms with Crippen LogP contribution in [-0.4, -0.2) is 52.4 Å². The first-order valence-corrected chi connectivity index (χ1v) is 16.6. The summed E-state index contributed by atoms with van der Waals surface area (Å²) in [5.41, 5.74) is -12.3. The number of nitrogens with zero attached hydrogens (tertiary/aromatic N) is 1. The van der Waals surface area contributed by atoms with Crippen LogP contribution in [-0.2, 0) is 20.0 Å². The van der Waals surface area contributed by atoms with E-state index >= 15 is 0 Å². The van der Waals surface area contributed by atoms with Gasteiger partial charge in [-0.2, -0.15) is 26.3 Å². The number of hydrogen-bond acceptors (Lipinski definition) is 5. The average Bonchev–Trinajstić information content (AvgIpc) is 2.77. The van der Waals surface area contributed by atoms with Crippen LogP contribution in [0.3, 0.4) is 0 Å². The lowest BCUT2D eigenvalue weighted by molar-refractivity contribution is -0.0476. The van der Waals surface area contributed by atoms with Crippen LogP contribution >= 0.6 is 0 Å². The lowest BCUT2D eigenvalue weighted by atomic mass is 10.00. The van der Waals surface area contributed by atoms with Gasteiger partial charge in [-0.25, -0.2) is 16.8 Å². The Labute approximate surface area is 225 Å². The molecule has 1 rings (SSSR count). The Morgan fingerprint density at radius 3 is 1.39 bits per heavy atom. The van der Waals surface area contributed by atoms with Crippen LogP contribution in [0, 0.1) is 5.92 Å². The molecule has 0 bridgehead atoms.